The molecule has 4 rings (SSSR count). The van der Waals surface area contributed by atoms with Crippen LogP contribution in [0.3, 0.4) is 0 Å². The highest BCUT2D eigenvalue weighted by Crippen LogP contribution is 2.31. The number of piperazine rings is 1. The van der Waals surface area contributed by atoms with E-state index < -0.39 is 0 Å². The number of methoxy groups -OCH3 is 1. The van der Waals surface area contributed by atoms with Gasteiger partial charge in [-0.2, -0.15) is 0 Å². The highest BCUT2D eigenvalue weighted by Gasteiger charge is 2.26. The molecular weight excluding hydrogens is 361 g/mol. The van der Waals surface area contributed by atoms with Gasteiger partial charge in [0, 0.05) is 44.9 Å². The quantitative estimate of drug-likeness (QED) is 0.841. The van der Waals surface area contributed by atoms with Crippen LogP contribution in [0.1, 0.15) is 12.8 Å². The van der Waals surface area contributed by atoms with Crippen LogP contribution in [0.2, 0.25) is 0 Å². The zero-order chi connectivity index (χ0) is 19.5. The summed E-state index contributed by atoms with van der Waals surface area (Å²) in [5, 5.41) is 9.58. The molecule has 2 aliphatic heterocycles. The number of nitrogens with zero attached hydrogens (tertiary/aromatic N) is 5. The molecule has 1 aromatic heterocycles. The third-order valence-electron chi connectivity index (χ3n) is 5.61. The van der Waals surface area contributed by atoms with Gasteiger partial charge in [-0.15, -0.1) is 0 Å². The Morgan fingerprint density at radius 3 is 2.57 bits per heavy atom. The lowest BCUT2D eigenvalue weighted by atomic mass is 10.2. The molecule has 0 saturated carbocycles. The number of rotatable bonds is 5. The third-order valence-corrected chi connectivity index (χ3v) is 5.61. The van der Waals surface area contributed by atoms with E-state index in [-0.39, 0.29) is 18.5 Å². The molecule has 2 saturated heterocycles. The van der Waals surface area contributed by atoms with Crippen LogP contribution < -0.4 is 19.4 Å². The molecule has 2 aromatic rings. The summed E-state index contributed by atoms with van der Waals surface area (Å²) in [6, 6.07) is 6.82. The number of ether oxygens (including phenoxy) is 1. The van der Waals surface area contributed by atoms with Crippen LogP contribution in [0.25, 0.3) is 0 Å². The standard InChI is InChI=1S/C20H26FN5O2/c1-28-18-11-15(21)4-5-17(18)24-7-9-25(10-8-24)19-12-20(23-14-22-19)26-6-2-3-16(26)13-27/h4-5,11-12,14,16,27H,2-3,6-10,13H2,1H3. The van der Waals surface area contributed by atoms with Crippen LogP contribution in [0, 0.1) is 5.82 Å². The Morgan fingerprint density at radius 1 is 1.07 bits per heavy atom. The van der Waals surface area contributed by atoms with Gasteiger partial charge in [-0.1, -0.05) is 0 Å². The minimum atomic E-state index is -0.296. The van der Waals surface area contributed by atoms with Gasteiger partial charge in [-0.25, -0.2) is 14.4 Å². The molecule has 2 fully saturated rings. The summed E-state index contributed by atoms with van der Waals surface area (Å²) < 4.78 is 18.8. The number of hydrogen-bond acceptors (Lipinski definition) is 7. The zero-order valence-corrected chi connectivity index (χ0v) is 16.1. The normalized spacial score (nSPS) is 20.0. The fourth-order valence-electron chi connectivity index (χ4n) is 4.08. The Bertz CT molecular complexity index is 813. The number of aliphatic hydroxyl groups excluding tert-OH is 1. The van der Waals surface area contributed by atoms with Gasteiger partial charge in [-0.3, -0.25) is 0 Å². The third kappa shape index (κ3) is 3.69. The van der Waals surface area contributed by atoms with Crippen molar-refractivity contribution in [2.75, 3.05) is 61.1 Å². The Hall–Kier alpha value is -2.61. The van der Waals surface area contributed by atoms with Crippen LogP contribution in [-0.2, 0) is 0 Å². The summed E-state index contributed by atoms with van der Waals surface area (Å²) in [5.74, 6) is 2.04. The van der Waals surface area contributed by atoms with Gasteiger partial charge in [0.15, 0.2) is 0 Å². The predicted molar refractivity (Wildman–Crippen MR) is 107 cm³/mol. The average molecular weight is 387 g/mol. The maximum Gasteiger partial charge on any atom is 0.145 e. The number of benzene rings is 1. The fourth-order valence-corrected chi connectivity index (χ4v) is 4.08. The van der Waals surface area contributed by atoms with Gasteiger partial charge in [0.2, 0.25) is 0 Å². The topological polar surface area (TPSA) is 65.0 Å². The predicted octanol–water partition coefficient (Wildman–Crippen LogP) is 1.91. The molecule has 0 spiro atoms. The molecule has 150 valence electrons. The van der Waals surface area contributed by atoms with Crippen molar-refractivity contribution in [2.24, 2.45) is 0 Å². The zero-order valence-electron chi connectivity index (χ0n) is 16.1. The van der Waals surface area contributed by atoms with E-state index in [1.54, 1.807) is 19.5 Å². The first-order valence-electron chi connectivity index (χ1n) is 9.72. The summed E-state index contributed by atoms with van der Waals surface area (Å²) in [7, 11) is 1.56. The van der Waals surface area contributed by atoms with Crippen molar-refractivity contribution in [3.05, 3.63) is 36.4 Å². The Balaban J connectivity index is 1.45. The van der Waals surface area contributed by atoms with E-state index >= 15 is 0 Å². The van der Waals surface area contributed by atoms with Gasteiger partial charge >= 0.3 is 0 Å². The van der Waals surface area contributed by atoms with Crippen molar-refractivity contribution in [2.45, 2.75) is 18.9 Å². The van der Waals surface area contributed by atoms with Gasteiger partial charge in [0.25, 0.3) is 0 Å². The van der Waals surface area contributed by atoms with E-state index in [1.165, 1.54) is 12.1 Å². The van der Waals surface area contributed by atoms with E-state index in [4.69, 9.17) is 4.74 Å². The highest BCUT2D eigenvalue weighted by molar-refractivity contribution is 5.60. The minimum absolute atomic E-state index is 0.144. The smallest absolute Gasteiger partial charge is 0.145 e. The molecule has 8 heteroatoms. The van der Waals surface area contributed by atoms with E-state index in [2.05, 4.69) is 24.7 Å². The first kappa shape index (κ1) is 18.7. The van der Waals surface area contributed by atoms with Crippen molar-refractivity contribution in [3.8, 4) is 5.75 Å². The SMILES string of the molecule is COc1cc(F)ccc1N1CCN(c2cc(N3CCCC3CO)ncn2)CC1. The Labute approximate surface area is 164 Å². The summed E-state index contributed by atoms with van der Waals surface area (Å²) >= 11 is 0. The lowest BCUT2D eigenvalue weighted by molar-refractivity contribution is 0.266. The highest BCUT2D eigenvalue weighted by atomic mass is 19.1. The van der Waals surface area contributed by atoms with Crippen LogP contribution in [0.15, 0.2) is 30.6 Å². The molecule has 1 atom stereocenters. The second kappa shape index (κ2) is 8.18. The van der Waals surface area contributed by atoms with Crippen LogP contribution in [-0.4, -0.2) is 67.6 Å². The summed E-state index contributed by atoms with van der Waals surface area (Å²) in [6.45, 7) is 4.27. The van der Waals surface area contributed by atoms with Crippen LogP contribution >= 0.6 is 0 Å². The molecule has 28 heavy (non-hydrogen) atoms. The Morgan fingerprint density at radius 2 is 1.82 bits per heavy atom. The number of hydrogen-bond donors (Lipinski definition) is 1. The van der Waals surface area contributed by atoms with Gasteiger partial charge < -0.3 is 24.5 Å². The van der Waals surface area contributed by atoms with E-state index in [9.17, 15) is 9.50 Å². The van der Waals surface area contributed by atoms with Crippen molar-refractivity contribution in [3.63, 3.8) is 0 Å². The molecule has 1 unspecified atom stereocenters. The lowest BCUT2D eigenvalue weighted by Crippen LogP contribution is -2.47. The first-order chi connectivity index (χ1) is 13.7. The molecule has 0 radical (unpaired) electrons. The molecule has 0 amide bonds. The van der Waals surface area contributed by atoms with Crippen molar-refractivity contribution in [1.82, 2.24) is 9.97 Å². The van der Waals surface area contributed by atoms with Crippen molar-refractivity contribution in [1.29, 1.82) is 0 Å². The molecule has 3 heterocycles. The molecular formula is C20H26FN5O2. The number of aliphatic hydroxyl groups is 1. The second-order valence-electron chi connectivity index (χ2n) is 7.20. The largest absolute Gasteiger partial charge is 0.494 e. The fraction of sp³-hybridized carbons (Fsp3) is 0.500. The van der Waals surface area contributed by atoms with Gasteiger partial charge in [0.1, 0.15) is 29.5 Å². The average Bonchev–Trinajstić information content (AvgIpc) is 3.23. The summed E-state index contributed by atoms with van der Waals surface area (Å²) in [5.41, 5.74) is 0.912. The van der Waals surface area contributed by atoms with Crippen molar-refractivity contribution >= 4 is 17.3 Å². The summed E-state index contributed by atoms with van der Waals surface area (Å²) in [4.78, 5) is 15.5. The van der Waals surface area contributed by atoms with E-state index in [0.717, 1.165) is 62.9 Å². The van der Waals surface area contributed by atoms with E-state index in [0.29, 0.717) is 5.75 Å². The summed E-state index contributed by atoms with van der Waals surface area (Å²) in [6.07, 6.45) is 3.67. The monoisotopic (exact) mass is 387 g/mol. The van der Waals surface area contributed by atoms with Crippen LogP contribution in [0.4, 0.5) is 21.7 Å². The minimum Gasteiger partial charge on any atom is -0.494 e. The van der Waals surface area contributed by atoms with Crippen molar-refractivity contribution < 1.29 is 14.2 Å². The molecule has 0 aliphatic carbocycles. The van der Waals surface area contributed by atoms with Crippen LogP contribution in [0.5, 0.6) is 5.75 Å². The Kier molecular flexibility index (Phi) is 5.47. The molecule has 7 nitrogen and oxygen atoms in total. The second-order valence-corrected chi connectivity index (χ2v) is 7.20. The first-order valence-corrected chi connectivity index (χ1v) is 9.72. The molecule has 0 bridgehead atoms. The van der Waals surface area contributed by atoms with Gasteiger partial charge in [0.05, 0.1) is 25.4 Å². The maximum absolute atomic E-state index is 13.5. The number of halogens is 1. The van der Waals surface area contributed by atoms with E-state index in [1.807, 2.05) is 6.07 Å². The molecule has 1 N–H and O–H groups in total. The lowest BCUT2D eigenvalue weighted by Gasteiger charge is -2.37. The molecule has 1 aromatic carbocycles. The number of aromatic nitrogens is 2. The van der Waals surface area contributed by atoms with Gasteiger partial charge in [-0.05, 0) is 25.0 Å². The maximum atomic E-state index is 13.5. The molecule has 2 aliphatic rings. The number of anilines is 3.